The van der Waals surface area contributed by atoms with Crippen molar-refractivity contribution in [1.29, 1.82) is 5.26 Å². The molecule has 1 unspecified atom stereocenters. The topological polar surface area (TPSA) is 53.0 Å². The Hall–Kier alpha value is -1.60. The molecule has 3 nitrogen and oxygen atoms in total. The van der Waals surface area contributed by atoms with Crippen molar-refractivity contribution in [3.05, 3.63) is 30.1 Å². The van der Waals surface area contributed by atoms with E-state index in [4.69, 9.17) is 11.0 Å². The minimum atomic E-state index is -0.811. The molecule has 0 aliphatic heterocycles. The van der Waals surface area contributed by atoms with Crippen LogP contribution in [0.2, 0.25) is 0 Å². The fraction of sp³-hybridized carbons (Fsp3) is 0.417. The molecule has 1 atom stereocenters. The fourth-order valence-corrected chi connectivity index (χ4v) is 1.28. The highest BCUT2D eigenvalue weighted by atomic mass is 19.1. The molecule has 1 rings (SSSR count). The summed E-state index contributed by atoms with van der Waals surface area (Å²) in [5, 5.41) is 8.77. The Kier molecular flexibility index (Phi) is 3.86. The third-order valence-corrected chi connectivity index (χ3v) is 2.49. The van der Waals surface area contributed by atoms with Crippen LogP contribution in [0.15, 0.2) is 24.3 Å². The van der Waals surface area contributed by atoms with Gasteiger partial charge in [0.1, 0.15) is 11.4 Å². The Balaban J connectivity index is 2.57. The van der Waals surface area contributed by atoms with Crippen molar-refractivity contribution in [2.45, 2.75) is 18.9 Å². The van der Waals surface area contributed by atoms with Crippen molar-refractivity contribution in [2.75, 3.05) is 18.5 Å². The van der Waals surface area contributed by atoms with Crippen LogP contribution in [0.4, 0.5) is 10.1 Å². The Morgan fingerprint density at radius 1 is 1.44 bits per heavy atom. The summed E-state index contributed by atoms with van der Waals surface area (Å²) in [7, 11) is 1.89. The Morgan fingerprint density at radius 2 is 2.00 bits per heavy atom. The Labute approximate surface area is 95.3 Å². The fourth-order valence-electron chi connectivity index (χ4n) is 1.28. The lowest BCUT2D eigenvalue weighted by molar-refractivity contribution is 0.546. The summed E-state index contributed by atoms with van der Waals surface area (Å²) in [5.41, 5.74) is 5.82. The molecule has 4 heteroatoms. The lowest BCUT2D eigenvalue weighted by atomic mass is 10.0. The van der Waals surface area contributed by atoms with Crippen molar-refractivity contribution in [2.24, 2.45) is 5.73 Å². The second-order valence-corrected chi connectivity index (χ2v) is 4.18. The average Bonchev–Trinajstić information content (AvgIpc) is 2.27. The number of nitrogens with two attached hydrogens (primary N) is 1. The highest BCUT2D eigenvalue weighted by Gasteiger charge is 2.17. The molecule has 16 heavy (non-hydrogen) atoms. The van der Waals surface area contributed by atoms with Crippen molar-refractivity contribution in [1.82, 2.24) is 0 Å². The smallest absolute Gasteiger partial charge is 0.123 e. The highest BCUT2D eigenvalue weighted by Crippen LogP contribution is 2.15. The van der Waals surface area contributed by atoms with E-state index in [1.807, 2.05) is 18.0 Å². The van der Waals surface area contributed by atoms with Crippen molar-refractivity contribution < 1.29 is 4.39 Å². The average molecular weight is 221 g/mol. The van der Waals surface area contributed by atoms with Gasteiger partial charge in [-0.15, -0.1) is 0 Å². The van der Waals surface area contributed by atoms with Crippen LogP contribution >= 0.6 is 0 Å². The molecule has 0 aliphatic carbocycles. The minimum Gasteiger partial charge on any atom is -0.374 e. The van der Waals surface area contributed by atoms with Crippen molar-refractivity contribution in [3.8, 4) is 6.07 Å². The first-order chi connectivity index (χ1) is 7.44. The molecule has 0 bridgehead atoms. The van der Waals surface area contributed by atoms with Gasteiger partial charge in [0.25, 0.3) is 0 Å². The number of hydrogen-bond donors (Lipinski definition) is 1. The zero-order valence-corrected chi connectivity index (χ0v) is 9.57. The first kappa shape index (κ1) is 12.5. The minimum absolute atomic E-state index is 0.252. The van der Waals surface area contributed by atoms with Crippen LogP contribution < -0.4 is 10.6 Å². The Bertz CT molecular complexity index is 378. The predicted octanol–water partition coefficient (Wildman–Crippen LogP) is 1.89. The maximum atomic E-state index is 12.7. The van der Waals surface area contributed by atoms with Gasteiger partial charge in [-0.05, 0) is 37.6 Å². The SMILES string of the molecule is CN(CCC(C)(N)C#N)c1ccc(F)cc1. The van der Waals surface area contributed by atoms with Crippen LogP contribution in [0.3, 0.4) is 0 Å². The summed E-state index contributed by atoms with van der Waals surface area (Å²) in [6.45, 7) is 2.36. The molecule has 2 N–H and O–H groups in total. The van der Waals surface area contributed by atoms with Gasteiger partial charge in [0.15, 0.2) is 0 Å². The third kappa shape index (κ3) is 3.52. The first-order valence-corrected chi connectivity index (χ1v) is 5.11. The molecular formula is C12H16FN3. The van der Waals surface area contributed by atoms with E-state index < -0.39 is 5.54 Å². The first-order valence-electron chi connectivity index (χ1n) is 5.11. The van der Waals surface area contributed by atoms with Gasteiger partial charge in [0, 0.05) is 19.3 Å². The van der Waals surface area contributed by atoms with Crippen LogP contribution in [0.5, 0.6) is 0 Å². The zero-order valence-electron chi connectivity index (χ0n) is 9.57. The number of rotatable bonds is 4. The van der Waals surface area contributed by atoms with E-state index in [2.05, 4.69) is 0 Å². The molecular weight excluding hydrogens is 205 g/mol. The number of nitriles is 1. The summed E-state index contributed by atoms with van der Waals surface area (Å²) in [6, 6.07) is 8.29. The molecule has 0 saturated heterocycles. The molecule has 0 amide bonds. The van der Waals surface area contributed by atoms with Crippen LogP contribution in [0.1, 0.15) is 13.3 Å². The summed E-state index contributed by atoms with van der Waals surface area (Å²) < 4.78 is 12.7. The molecule has 0 spiro atoms. The van der Waals surface area contributed by atoms with Crippen LogP contribution in [-0.2, 0) is 0 Å². The highest BCUT2D eigenvalue weighted by molar-refractivity contribution is 5.45. The maximum absolute atomic E-state index is 12.7. The standard InChI is InChI=1S/C12H16FN3/c1-12(15,9-14)7-8-16(2)11-5-3-10(13)4-6-11/h3-6H,7-8,15H2,1-2H3. The van der Waals surface area contributed by atoms with Gasteiger partial charge in [0.05, 0.1) is 6.07 Å². The van der Waals surface area contributed by atoms with Gasteiger partial charge < -0.3 is 10.6 Å². The molecule has 1 aromatic carbocycles. The molecule has 86 valence electrons. The van der Waals surface area contributed by atoms with E-state index in [0.717, 1.165) is 5.69 Å². The lowest BCUT2D eigenvalue weighted by Crippen LogP contribution is -2.38. The van der Waals surface area contributed by atoms with Crippen LogP contribution in [-0.4, -0.2) is 19.1 Å². The summed E-state index contributed by atoms with van der Waals surface area (Å²) >= 11 is 0. The predicted molar refractivity (Wildman–Crippen MR) is 62.5 cm³/mol. The quantitative estimate of drug-likeness (QED) is 0.844. The second kappa shape index (κ2) is 4.95. The van der Waals surface area contributed by atoms with Crippen LogP contribution in [0, 0.1) is 17.1 Å². The molecule has 0 fully saturated rings. The number of nitrogens with zero attached hydrogens (tertiary/aromatic N) is 2. The van der Waals surface area contributed by atoms with E-state index in [-0.39, 0.29) is 5.82 Å². The van der Waals surface area contributed by atoms with E-state index in [1.165, 1.54) is 12.1 Å². The van der Waals surface area contributed by atoms with Gasteiger partial charge in [-0.25, -0.2) is 4.39 Å². The zero-order chi connectivity index (χ0) is 12.2. The summed E-state index contributed by atoms with van der Waals surface area (Å²) in [6.07, 6.45) is 0.567. The summed E-state index contributed by atoms with van der Waals surface area (Å²) in [5.74, 6) is -0.252. The van der Waals surface area contributed by atoms with E-state index in [9.17, 15) is 4.39 Å². The van der Waals surface area contributed by atoms with Gasteiger partial charge in [0.2, 0.25) is 0 Å². The van der Waals surface area contributed by atoms with Gasteiger partial charge in [-0.1, -0.05) is 0 Å². The molecule has 0 heterocycles. The number of halogens is 1. The molecule has 1 aromatic rings. The molecule has 0 saturated carbocycles. The monoisotopic (exact) mass is 221 g/mol. The second-order valence-electron chi connectivity index (χ2n) is 4.18. The van der Waals surface area contributed by atoms with Gasteiger partial charge in [-0.2, -0.15) is 5.26 Å². The number of benzene rings is 1. The van der Waals surface area contributed by atoms with Crippen molar-refractivity contribution >= 4 is 5.69 Å². The van der Waals surface area contributed by atoms with Gasteiger partial charge in [-0.3, -0.25) is 0 Å². The normalized spacial score (nSPS) is 13.9. The lowest BCUT2D eigenvalue weighted by Gasteiger charge is -2.23. The Morgan fingerprint density at radius 3 is 2.50 bits per heavy atom. The summed E-state index contributed by atoms with van der Waals surface area (Å²) in [4.78, 5) is 1.95. The van der Waals surface area contributed by atoms with Gasteiger partial charge >= 0.3 is 0 Å². The number of anilines is 1. The maximum Gasteiger partial charge on any atom is 0.123 e. The number of hydrogen-bond acceptors (Lipinski definition) is 3. The van der Waals surface area contributed by atoms with E-state index in [1.54, 1.807) is 19.1 Å². The largest absolute Gasteiger partial charge is 0.374 e. The van der Waals surface area contributed by atoms with Crippen LogP contribution in [0.25, 0.3) is 0 Å². The van der Waals surface area contributed by atoms with E-state index >= 15 is 0 Å². The van der Waals surface area contributed by atoms with E-state index in [0.29, 0.717) is 13.0 Å². The molecule has 0 aliphatic rings. The molecule has 0 aromatic heterocycles. The third-order valence-electron chi connectivity index (χ3n) is 2.49. The molecule has 0 radical (unpaired) electrons. The van der Waals surface area contributed by atoms with Crippen molar-refractivity contribution in [3.63, 3.8) is 0 Å².